The smallest absolute Gasteiger partial charge is 0.359 e. The molecule has 0 amide bonds. The van der Waals surface area contributed by atoms with Crippen molar-refractivity contribution in [1.82, 2.24) is 4.98 Å². The summed E-state index contributed by atoms with van der Waals surface area (Å²) >= 11 is 17.5. The third kappa shape index (κ3) is 3.98. The lowest BCUT2D eigenvalue weighted by molar-refractivity contribution is 0.0313. The highest BCUT2D eigenvalue weighted by Crippen LogP contribution is 2.31. The van der Waals surface area contributed by atoms with Crippen molar-refractivity contribution in [3.8, 4) is 5.75 Å². The maximum Gasteiger partial charge on any atom is 0.359 e. The number of methoxy groups -OCH3 is 1. The molecule has 0 radical (unpaired) electrons. The topological polar surface area (TPSA) is 65.5 Å². The Morgan fingerprint density at radius 1 is 1.08 bits per heavy atom. The van der Waals surface area contributed by atoms with E-state index in [2.05, 4.69) is 4.98 Å². The van der Waals surface area contributed by atoms with Crippen LogP contribution in [0.5, 0.6) is 5.75 Å². The summed E-state index contributed by atoms with van der Waals surface area (Å²) in [7, 11) is 1.52. The molecule has 1 aromatic carbocycles. The molecule has 1 aromatic heterocycles. The van der Waals surface area contributed by atoms with Gasteiger partial charge in [0.25, 0.3) is 0 Å². The third-order valence-corrected chi connectivity index (χ3v) is 4.38. The Hall–Kier alpha value is -1.82. The number of nitrogens with zero attached hydrogens (tertiary/aromatic N) is 1. The standard InChI is InChI=1S/C16H12Cl3NO4/c1-8(15(21)9-3-5-10(23-2)6-4-9)24-16(22)14-13(19)12(18)11(17)7-20-14/h3-8H,1-2H3/t8-/m0/s1. The quantitative estimate of drug-likeness (QED) is 0.558. The minimum absolute atomic E-state index is 0.00517. The molecule has 0 spiro atoms. The largest absolute Gasteiger partial charge is 0.497 e. The van der Waals surface area contributed by atoms with Gasteiger partial charge in [-0.05, 0) is 31.2 Å². The highest BCUT2D eigenvalue weighted by Gasteiger charge is 2.24. The molecule has 2 rings (SSSR count). The van der Waals surface area contributed by atoms with E-state index in [0.29, 0.717) is 11.3 Å². The SMILES string of the molecule is COc1ccc(C(=O)[C@H](C)OC(=O)c2ncc(Cl)c(Cl)c2Cl)cc1. The van der Waals surface area contributed by atoms with E-state index in [-0.39, 0.29) is 26.5 Å². The zero-order valence-corrected chi connectivity index (χ0v) is 14.9. The van der Waals surface area contributed by atoms with Crippen LogP contribution < -0.4 is 4.74 Å². The lowest BCUT2D eigenvalue weighted by Gasteiger charge is -2.13. The van der Waals surface area contributed by atoms with Gasteiger partial charge in [-0.3, -0.25) is 4.79 Å². The first-order valence-electron chi connectivity index (χ1n) is 6.74. The number of carbonyl (C=O) groups is 2. The van der Waals surface area contributed by atoms with E-state index in [1.165, 1.54) is 20.2 Å². The molecule has 5 nitrogen and oxygen atoms in total. The average Bonchev–Trinajstić information content (AvgIpc) is 2.59. The maximum atomic E-state index is 12.3. The predicted molar refractivity (Wildman–Crippen MR) is 91.5 cm³/mol. The molecule has 0 saturated heterocycles. The Morgan fingerprint density at radius 2 is 1.71 bits per heavy atom. The van der Waals surface area contributed by atoms with Crippen LogP contribution in [0.3, 0.4) is 0 Å². The normalized spacial score (nSPS) is 11.7. The van der Waals surface area contributed by atoms with Crippen LogP contribution in [0.4, 0.5) is 0 Å². The van der Waals surface area contributed by atoms with Gasteiger partial charge in [-0.1, -0.05) is 34.8 Å². The highest BCUT2D eigenvalue weighted by atomic mass is 35.5. The van der Waals surface area contributed by atoms with Crippen LogP contribution in [0.1, 0.15) is 27.8 Å². The van der Waals surface area contributed by atoms with Gasteiger partial charge in [0.05, 0.1) is 22.2 Å². The number of ketones is 1. The molecule has 0 bridgehead atoms. The van der Waals surface area contributed by atoms with Crippen LogP contribution in [0, 0.1) is 0 Å². The number of rotatable bonds is 5. The monoisotopic (exact) mass is 387 g/mol. The van der Waals surface area contributed by atoms with Gasteiger partial charge in [-0.2, -0.15) is 0 Å². The van der Waals surface area contributed by atoms with Crippen LogP contribution in [-0.4, -0.2) is 30.0 Å². The number of esters is 1. The molecule has 0 aliphatic heterocycles. The van der Waals surface area contributed by atoms with Gasteiger partial charge in [0.2, 0.25) is 5.78 Å². The van der Waals surface area contributed by atoms with Crippen molar-refractivity contribution in [2.45, 2.75) is 13.0 Å². The van der Waals surface area contributed by atoms with E-state index in [0.717, 1.165) is 0 Å². The predicted octanol–water partition coefficient (Wildman–Crippen LogP) is 4.48. The lowest BCUT2D eigenvalue weighted by atomic mass is 10.1. The van der Waals surface area contributed by atoms with E-state index < -0.39 is 12.1 Å². The summed E-state index contributed by atoms with van der Waals surface area (Å²) in [6.07, 6.45) is 0.153. The number of pyridine rings is 1. The van der Waals surface area contributed by atoms with E-state index in [1.807, 2.05) is 0 Å². The Kier molecular flexibility index (Phi) is 6.04. The molecule has 8 heteroatoms. The summed E-state index contributed by atoms with van der Waals surface area (Å²) in [4.78, 5) is 28.2. The number of carbonyl (C=O) groups excluding carboxylic acids is 2. The summed E-state index contributed by atoms with van der Waals surface area (Å²) in [6, 6.07) is 6.43. The van der Waals surface area contributed by atoms with Gasteiger partial charge in [0.1, 0.15) is 5.75 Å². The zero-order chi connectivity index (χ0) is 17.9. The van der Waals surface area contributed by atoms with Crippen molar-refractivity contribution < 1.29 is 19.1 Å². The Bertz CT molecular complexity index is 778. The molecular weight excluding hydrogens is 377 g/mol. The van der Waals surface area contributed by atoms with Crippen molar-refractivity contribution in [1.29, 1.82) is 0 Å². The van der Waals surface area contributed by atoms with Crippen molar-refractivity contribution in [3.63, 3.8) is 0 Å². The summed E-state index contributed by atoms with van der Waals surface area (Å²) < 4.78 is 10.1. The molecule has 126 valence electrons. The van der Waals surface area contributed by atoms with E-state index in [4.69, 9.17) is 44.3 Å². The number of Topliss-reactive ketones (excluding diaryl/α,β-unsaturated/α-hetero) is 1. The Balaban J connectivity index is 2.13. The summed E-state index contributed by atoms with van der Waals surface area (Å²) in [5, 5.41) is -0.0201. The van der Waals surface area contributed by atoms with Gasteiger partial charge in [0, 0.05) is 11.8 Å². The fourth-order valence-electron chi connectivity index (χ4n) is 1.85. The highest BCUT2D eigenvalue weighted by molar-refractivity contribution is 6.48. The molecule has 1 atom stereocenters. The lowest BCUT2D eigenvalue weighted by Crippen LogP contribution is -2.25. The van der Waals surface area contributed by atoms with Gasteiger partial charge >= 0.3 is 5.97 Å². The third-order valence-electron chi connectivity index (χ3n) is 3.14. The first-order chi connectivity index (χ1) is 11.3. The van der Waals surface area contributed by atoms with Crippen molar-refractivity contribution in [2.24, 2.45) is 0 Å². The molecule has 0 fully saturated rings. The van der Waals surface area contributed by atoms with E-state index in [1.54, 1.807) is 24.3 Å². The van der Waals surface area contributed by atoms with Crippen LogP contribution in [0.2, 0.25) is 15.1 Å². The zero-order valence-electron chi connectivity index (χ0n) is 12.7. The minimum atomic E-state index is -1.03. The summed E-state index contributed by atoms with van der Waals surface area (Å²) in [5.74, 6) is -0.627. The fraction of sp³-hybridized carbons (Fsp3) is 0.188. The summed E-state index contributed by atoms with van der Waals surface area (Å²) in [6.45, 7) is 1.45. The van der Waals surface area contributed by atoms with E-state index >= 15 is 0 Å². The number of benzene rings is 1. The molecule has 1 heterocycles. The molecule has 24 heavy (non-hydrogen) atoms. The number of halogens is 3. The molecule has 2 aromatic rings. The average molecular weight is 389 g/mol. The van der Waals surface area contributed by atoms with Crippen LogP contribution in [0.25, 0.3) is 0 Å². The first kappa shape index (κ1) is 18.5. The molecule has 0 aliphatic carbocycles. The van der Waals surface area contributed by atoms with Gasteiger partial charge in [-0.25, -0.2) is 9.78 Å². The second-order valence-corrected chi connectivity index (χ2v) is 5.89. The molecule has 0 N–H and O–H groups in total. The summed E-state index contributed by atoms with van der Waals surface area (Å²) in [5.41, 5.74) is 0.171. The van der Waals surface area contributed by atoms with E-state index in [9.17, 15) is 9.59 Å². The molecule has 0 aliphatic rings. The molecular formula is C16H12Cl3NO4. The Labute approximate surface area is 153 Å². The molecule has 0 unspecified atom stereocenters. The van der Waals surface area contributed by atoms with Crippen LogP contribution >= 0.6 is 34.8 Å². The van der Waals surface area contributed by atoms with Gasteiger partial charge in [0.15, 0.2) is 11.8 Å². The number of aromatic nitrogens is 1. The van der Waals surface area contributed by atoms with Gasteiger partial charge < -0.3 is 9.47 Å². The fourth-order valence-corrected chi connectivity index (χ4v) is 2.40. The number of hydrogen-bond donors (Lipinski definition) is 0. The van der Waals surface area contributed by atoms with Crippen LogP contribution in [-0.2, 0) is 4.74 Å². The molecule has 0 saturated carbocycles. The maximum absolute atomic E-state index is 12.3. The van der Waals surface area contributed by atoms with Crippen molar-refractivity contribution >= 4 is 46.6 Å². The first-order valence-corrected chi connectivity index (χ1v) is 7.87. The minimum Gasteiger partial charge on any atom is -0.497 e. The van der Waals surface area contributed by atoms with Gasteiger partial charge in [-0.15, -0.1) is 0 Å². The number of hydrogen-bond acceptors (Lipinski definition) is 5. The Morgan fingerprint density at radius 3 is 2.29 bits per heavy atom. The number of ether oxygens (including phenoxy) is 2. The van der Waals surface area contributed by atoms with Crippen molar-refractivity contribution in [3.05, 3.63) is 56.8 Å². The van der Waals surface area contributed by atoms with Crippen LogP contribution in [0.15, 0.2) is 30.5 Å². The van der Waals surface area contributed by atoms with Crippen molar-refractivity contribution in [2.75, 3.05) is 7.11 Å². The second-order valence-electron chi connectivity index (χ2n) is 4.72. The second kappa shape index (κ2) is 7.83.